The second kappa shape index (κ2) is 7.07. The van der Waals surface area contributed by atoms with Gasteiger partial charge in [0.1, 0.15) is 17.1 Å². The van der Waals surface area contributed by atoms with Crippen LogP contribution in [0.4, 0.5) is 13.2 Å². The van der Waals surface area contributed by atoms with Gasteiger partial charge >= 0.3 is 12.1 Å². The Morgan fingerprint density at radius 3 is 2.44 bits per heavy atom. The summed E-state index contributed by atoms with van der Waals surface area (Å²) in [5.41, 5.74) is -0.746. The van der Waals surface area contributed by atoms with E-state index in [1.165, 1.54) is 31.2 Å². The van der Waals surface area contributed by atoms with Gasteiger partial charge < -0.3 is 9.15 Å². The van der Waals surface area contributed by atoms with E-state index in [0.717, 1.165) is 12.1 Å². The summed E-state index contributed by atoms with van der Waals surface area (Å²) >= 11 is 0. The van der Waals surface area contributed by atoms with Gasteiger partial charge in [-0.1, -0.05) is 37.8 Å². The Labute approximate surface area is 145 Å². The number of halogens is 3. The van der Waals surface area contributed by atoms with Crippen molar-refractivity contribution >= 4 is 14.0 Å². The highest BCUT2D eigenvalue weighted by atomic mass is 28.3. The maximum atomic E-state index is 13.1. The molecule has 0 aliphatic heterocycles. The molecule has 2 rings (SSSR count). The number of furan rings is 1. The summed E-state index contributed by atoms with van der Waals surface area (Å²) in [5, 5.41) is 0. The van der Waals surface area contributed by atoms with Gasteiger partial charge in [-0.25, -0.2) is 4.79 Å². The Morgan fingerprint density at radius 2 is 1.84 bits per heavy atom. The molecule has 0 aliphatic carbocycles. The minimum atomic E-state index is -4.50. The first kappa shape index (κ1) is 19.3. The van der Waals surface area contributed by atoms with E-state index in [0.29, 0.717) is 6.61 Å². The molecule has 7 heteroatoms. The molecule has 0 atom stereocenters. The minimum absolute atomic E-state index is 0.00238. The average Bonchev–Trinajstić information content (AvgIpc) is 2.87. The molecule has 1 aromatic heterocycles. The largest absolute Gasteiger partial charge is 0.462 e. The van der Waals surface area contributed by atoms with Crippen LogP contribution in [-0.4, -0.2) is 20.7 Å². The fourth-order valence-corrected chi connectivity index (χ4v) is 3.00. The van der Waals surface area contributed by atoms with Crippen LogP contribution in [0.2, 0.25) is 25.7 Å². The Bertz CT molecular complexity index is 758. The Hall–Kier alpha value is -2.02. The highest BCUT2D eigenvalue weighted by Crippen LogP contribution is 2.38. The Balaban J connectivity index is 2.25. The standard InChI is InChI=1S/C18H21F3O3Si/c1-12-14(17(22)23-9-10-25(2,3)4)11-16(24-12)13-7-5-6-8-15(13)18(19,20)21/h5-8,11H,9-10H2,1-4H3. The summed E-state index contributed by atoms with van der Waals surface area (Å²) < 4.78 is 50.1. The number of hydrogen-bond donors (Lipinski definition) is 0. The van der Waals surface area contributed by atoms with Crippen molar-refractivity contribution in [3.8, 4) is 11.3 Å². The van der Waals surface area contributed by atoms with Crippen LogP contribution in [0.15, 0.2) is 34.7 Å². The third kappa shape index (κ3) is 4.98. The molecule has 136 valence electrons. The summed E-state index contributed by atoms with van der Waals surface area (Å²) in [5.74, 6) is -0.331. The van der Waals surface area contributed by atoms with Crippen LogP contribution in [0.3, 0.4) is 0 Å². The van der Waals surface area contributed by atoms with Crippen LogP contribution in [-0.2, 0) is 10.9 Å². The van der Waals surface area contributed by atoms with E-state index in [1.807, 2.05) is 0 Å². The molecule has 1 heterocycles. The van der Waals surface area contributed by atoms with Gasteiger partial charge in [0.15, 0.2) is 0 Å². The summed E-state index contributed by atoms with van der Waals surface area (Å²) in [7, 11) is -1.34. The van der Waals surface area contributed by atoms with E-state index in [1.54, 1.807) is 0 Å². The molecule has 0 saturated carbocycles. The first-order valence-electron chi connectivity index (χ1n) is 7.93. The monoisotopic (exact) mass is 370 g/mol. The van der Waals surface area contributed by atoms with Crippen molar-refractivity contribution in [2.45, 2.75) is 38.8 Å². The fraction of sp³-hybridized carbons (Fsp3) is 0.389. The summed E-state index contributed by atoms with van der Waals surface area (Å²) in [4.78, 5) is 12.2. The van der Waals surface area contributed by atoms with Crippen molar-refractivity contribution in [1.82, 2.24) is 0 Å². The van der Waals surface area contributed by atoms with Crippen molar-refractivity contribution in [1.29, 1.82) is 0 Å². The normalized spacial score (nSPS) is 12.3. The molecule has 25 heavy (non-hydrogen) atoms. The predicted octanol–water partition coefficient (Wildman–Crippen LogP) is 5.77. The Kier molecular flexibility index (Phi) is 5.46. The third-order valence-electron chi connectivity index (χ3n) is 3.72. The smallest absolute Gasteiger partial charge is 0.417 e. The number of carbonyl (C=O) groups is 1. The number of hydrogen-bond acceptors (Lipinski definition) is 3. The summed E-state index contributed by atoms with van der Waals surface area (Å²) in [6, 6.07) is 7.25. The lowest BCUT2D eigenvalue weighted by Gasteiger charge is -2.14. The quantitative estimate of drug-likeness (QED) is 0.495. The SMILES string of the molecule is Cc1oc(-c2ccccc2C(F)(F)F)cc1C(=O)OCC[Si](C)(C)C. The van der Waals surface area contributed by atoms with Crippen LogP contribution in [0.5, 0.6) is 0 Å². The lowest BCUT2D eigenvalue weighted by Crippen LogP contribution is -2.22. The van der Waals surface area contributed by atoms with E-state index in [4.69, 9.17) is 9.15 Å². The van der Waals surface area contributed by atoms with Gasteiger partial charge in [0.25, 0.3) is 0 Å². The van der Waals surface area contributed by atoms with Crippen LogP contribution in [0.1, 0.15) is 21.7 Å². The van der Waals surface area contributed by atoms with Gasteiger partial charge in [-0.3, -0.25) is 0 Å². The minimum Gasteiger partial charge on any atom is -0.462 e. The van der Waals surface area contributed by atoms with Crippen molar-refractivity contribution in [3.05, 3.63) is 47.2 Å². The van der Waals surface area contributed by atoms with E-state index in [-0.39, 0.29) is 22.6 Å². The van der Waals surface area contributed by atoms with E-state index in [9.17, 15) is 18.0 Å². The molecular formula is C18H21F3O3Si. The third-order valence-corrected chi connectivity index (χ3v) is 5.42. The molecule has 0 spiro atoms. The van der Waals surface area contributed by atoms with Gasteiger partial charge in [0.05, 0.1) is 12.2 Å². The fourth-order valence-electron chi connectivity index (χ4n) is 2.29. The van der Waals surface area contributed by atoms with Crippen molar-refractivity contribution in [2.24, 2.45) is 0 Å². The number of alkyl halides is 3. The molecule has 0 saturated heterocycles. The molecule has 0 radical (unpaired) electrons. The lowest BCUT2D eigenvalue weighted by molar-refractivity contribution is -0.137. The number of rotatable bonds is 5. The van der Waals surface area contributed by atoms with Gasteiger partial charge in [-0.15, -0.1) is 0 Å². The first-order valence-corrected chi connectivity index (χ1v) is 11.6. The molecule has 0 N–H and O–H groups in total. The lowest BCUT2D eigenvalue weighted by atomic mass is 10.0. The molecule has 0 bridgehead atoms. The molecule has 0 amide bonds. The molecule has 3 nitrogen and oxygen atoms in total. The first-order chi connectivity index (χ1) is 11.5. The van der Waals surface area contributed by atoms with Crippen LogP contribution < -0.4 is 0 Å². The molecule has 2 aromatic rings. The molecule has 0 unspecified atom stereocenters. The number of aryl methyl sites for hydroxylation is 1. The number of ether oxygens (including phenoxy) is 1. The maximum absolute atomic E-state index is 13.1. The van der Waals surface area contributed by atoms with E-state index in [2.05, 4.69) is 19.6 Å². The highest BCUT2D eigenvalue weighted by molar-refractivity contribution is 6.76. The topological polar surface area (TPSA) is 39.4 Å². The van der Waals surface area contributed by atoms with Crippen LogP contribution >= 0.6 is 0 Å². The van der Waals surface area contributed by atoms with Crippen LogP contribution in [0, 0.1) is 6.92 Å². The zero-order chi connectivity index (χ0) is 18.8. The van der Waals surface area contributed by atoms with Crippen LogP contribution in [0.25, 0.3) is 11.3 Å². The van der Waals surface area contributed by atoms with E-state index < -0.39 is 25.8 Å². The molecular weight excluding hydrogens is 349 g/mol. The van der Waals surface area contributed by atoms with Gasteiger partial charge in [0, 0.05) is 13.6 Å². The zero-order valence-electron chi connectivity index (χ0n) is 14.7. The van der Waals surface area contributed by atoms with Crippen molar-refractivity contribution < 1.29 is 27.1 Å². The number of benzene rings is 1. The zero-order valence-corrected chi connectivity index (χ0v) is 15.7. The summed E-state index contributed by atoms with van der Waals surface area (Å²) in [6.45, 7) is 8.32. The van der Waals surface area contributed by atoms with Gasteiger partial charge in [-0.05, 0) is 25.1 Å². The second-order valence-electron chi connectivity index (χ2n) is 7.07. The molecule has 0 fully saturated rings. The van der Waals surface area contributed by atoms with E-state index >= 15 is 0 Å². The Morgan fingerprint density at radius 1 is 1.20 bits per heavy atom. The highest BCUT2D eigenvalue weighted by Gasteiger charge is 2.34. The second-order valence-corrected chi connectivity index (χ2v) is 12.7. The van der Waals surface area contributed by atoms with Gasteiger partial charge in [-0.2, -0.15) is 13.2 Å². The number of carbonyl (C=O) groups excluding carboxylic acids is 1. The molecule has 0 aliphatic rings. The number of esters is 1. The predicted molar refractivity (Wildman–Crippen MR) is 92.3 cm³/mol. The summed E-state index contributed by atoms with van der Waals surface area (Å²) in [6.07, 6.45) is -4.50. The van der Waals surface area contributed by atoms with Crippen molar-refractivity contribution in [3.63, 3.8) is 0 Å². The maximum Gasteiger partial charge on any atom is 0.417 e. The average molecular weight is 370 g/mol. The van der Waals surface area contributed by atoms with Crippen molar-refractivity contribution in [2.75, 3.05) is 6.61 Å². The van der Waals surface area contributed by atoms with Gasteiger partial charge in [0.2, 0.25) is 0 Å². The molecule has 1 aromatic carbocycles.